The molecule has 0 bridgehead atoms. The van der Waals surface area contributed by atoms with Gasteiger partial charge in [0, 0.05) is 5.69 Å². The van der Waals surface area contributed by atoms with Gasteiger partial charge in [-0.05, 0) is 33.6 Å². The highest BCUT2D eigenvalue weighted by atomic mass is 79.9. The summed E-state index contributed by atoms with van der Waals surface area (Å²) in [4.78, 5) is 12.4. The Kier molecular flexibility index (Phi) is 4.34. The molecule has 0 atom stereocenters. The first-order chi connectivity index (χ1) is 10.7. The minimum Gasteiger partial charge on any atom is -0.353 e. The number of aromatic nitrogens is 2. The Labute approximate surface area is 136 Å². The molecule has 0 aliphatic heterocycles. The molecule has 110 valence electrons. The molecule has 3 rings (SSSR count). The van der Waals surface area contributed by atoms with E-state index in [0.29, 0.717) is 16.7 Å². The van der Waals surface area contributed by atoms with Crippen molar-refractivity contribution in [2.75, 3.05) is 5.32 Å². The van der Waals surface area contributed by atoms with Crippen molar-refractivity contribution in [1.29, 1.82) is 0 Å². The van der Waals surface area contributed by atoms with Gasteiger partial charge in [0.15, 0.2) is 0 Å². The lowest BCUT2D eigenvalue weighted by molar-refractivity contribution is 0.636. The standard InChI is InChI=1S/C17H14BrN3O/c18-16-15(20-14-9-5-2-6-10-14)11-19-21(17(16)22)12-13-7-3-1-4-8-13/h1-11,20H,12H2. The van der Waals surface area contributed by atoms with Gasteiger partial charge in [0.25, 0.3) is 5.56 Å². The first-order valence-corrected chi connectivity index (χ1v) is 7.65. The first-order valence-electron chi connectivity index (χ1n) is 6.85. The molecule has 0 saturated carbocycles. The molecule has 1 heterocycles. The summed E-state index contributed by atoms with van der Waals surface area (Å²) in [5, 5.41) is 7.42. The van der Waals surface area contributed by atoms with Crippen LogP contribution in [0.15, 0.2) is 76.1 Å². The van der Waals surface area contributed by atoms with Gasteiger partial charge in [-0.25, -0.2) is 4.68 Å². The van der Waals surface area contributed by atoms with E-state index < -0.39 is 0 Å². The van der Waals surface area contributed by atoms with E-state index in [0.717, 1.165) is 11.3 Å². The quantitative estimate of drug-likeness (QED) is 0.774. The predicted octanol–water partition coefficient (Wildman–Crippen LogP) is 3.80. The number of para-hydroxylation sites is 1. The first kappa shape index (κ1) is 14.5. The van der Waals surface area contributed by atoms with Crippen LogP contribution in [0.4, 0.5) is 11.4 Å². The Bertz CT molecular complexity index is 816. The van der Waals surface area contributed by atoms with Gasteiger partial charge in [0.1, 0.15) is 4.47 Å². The molecule has 0 spiro atoms. The van der Waals surface area contributed by atoms with Crippen molar-refractivity contribution < 1.29 is 0 Å². The molecule has 2 aromatic carbocycles. The summed E-state index contributed by atoms with van der Waals surface area (Å²) in [5.74, 6) is 0. The van der Waals surface area contributed by atoms with Gasteiger partial charge in [0.05, 0.1) is 18.4 Å². The van der Waals surface area contributed by atoms with Crippen molar-refractivity contribution in [2.45, 2.75) is 6.54 Å². The zero-order chi connectivity index (χ0) is 15.4. The third-order valence-corrected chi connectivity index (χ3v) is 3.98. The second kappa shape index (κ2) is 6.58. The molecule has 0 aliphatic rings. The molecule has 22 heavy (non-hydrogen) atoms. The van der Waals surface area contributed by atoms with Gasteiger partial charge in [-0.3, -0.25) is 4.79 Å². The lowest BCUT2D eigenvalue weighted by Crippen LogP contribution is -2.24. The van der Waals surface area contributed by atoms with Crippen molar-refractivity contribution in [1.82, 2.24) is 9.78 Å². The Hall–Kier alpha value is -2.40. The van der Waals surface area contributed by atoms with E-state index in [4.69, 9.17) is 0 Å². The molecule has 0 amide bonds. The smallest absolute Gasteiger partial charge is 0.283 e. The highest BCUT2D eigenvalue weighted by Crippen LogP contribution is 2.21. The fourth-order valence-electron chi connectivity index (χ4n) is 2.10. The maximum Gasteiger partial charge on any atom is 0.283 e. The van der Waals surface area contributed by atoms with Crippen LogP contribution in [0.2, 0.25) is 0 Å². The van der Waals surface area contributed by atoms with Crippen LogP contribution < -0.4 is 10.9 Å². The van der Waals surface area contributed by atoms with Crippen LogP contribution >= 0.6 is 15.9 Å². The van der Waals surface area contributed by atoms with Crippen LogP contribution in [0.5, 0.6) is 0 Å². The zero-order valence-electron chi connectivity index (χ0n) is 11.7. The summed E-state index contributed by atoms with van der Waals surface area (Å²) in [6.45, 7) is 0.448. The van der Waals surface area contributed by atoms with E-state index in [2.05, 4.69) is 26.3 Å². The Balaban J connectivity index is 1.87. The molecule has 3 aromatic rings. The maximum absolute atomic E-state index is 12.4. The van der Waals surface area contributed by atoms with Gasteiger partial charge in [-0.15, -0.1) is 0 Å². The lowest BCUT2D eigenvalue weighted by atomic mass is 10.2. The highest BCUT2D eigenvalue weighted by Gasteiger charge is 2.09. The van der Waals surface area contributed by atoms with E-state index in [-0.39, 0.29) is 5.56 Å². The zero-order valence-corrected chi connectivity index (χ0v) is 13.3. The second-order valence-electron chi connectivity index (χ2n) is 4.81. The monoisotopic (exact) mass is 355 g/mol. The Morgan fingerprint density at radius 3 is 2.32 bits per heavy atom. The summed E-state index contributed by atoms with van der Waals surface area (Å²) in [5.41, 5.74) is 2.43. The van der Waals surface area contributed by atoms with Gasteiger partial charge in [-0.1, -0.05) is 48.5 Å². The minimum atomic E-state index is -0.162. The number of halogens is 1. The van der Waals surface area contributed by atoms with Crippen LogP contribution in [-0.2, 0) is 6.54 Å². The average molecular weight is 356 g/mol. The number of nitrogens with one attached hydrogen (secondary N) is 1. The van der Waals surface area contributed by atoms with E-state index in [9.17, 15) is 4.79 Å². The predicted molar refractivity (Wildman–Crippen MR) is 91.5 cm³/mol. The van der Waals surface area contributed by atoms with Crippen molar-refractivity contribution in [3.8, 4) is 0 Å². The van der Waals surface area contributed by atoms with Gasteiger partial charge >= 0.3 is 0 Å². The molecule has 0 saturated heterocycles. The lowest BCUT2D eigenvalue weighted by Gasteiger charge is -2.10. The molecule has 5 heteroatoms. The van der Waals surface area contributed by atoms with Crippen LogP contribution in [0.3, 0.4) is 0 Å². The van der Waals surface area contributed by atoms with Gasteiger partial charge in [0.2, 0.25) is 0 Å². The Morgan fingerprint density at radius 1 is 1.00 bits per heavy atom. The topological polar surface area (TPSA) is 46.9 Å². The normalized spacial score (nSPS) is 10.4. The molecule has 0 aliphatic carbocycles. The molecular formula is C17H14BrN3O. The van der Waals surface area contributed by atoms with Crippen LogP contribution in [0, 0.1) is 0 Å². The molecule has 1 aromatic heterocycles. The number of hydrogen-bond donors (Lipinski definition) is 1. The molecule has 4 nitrogen and oxygen atoms in total. The number of hydrogen-bond acceptors (Lipinski definition) is 3. The van der Waals surface area contributed by atoms with E-state index >= 15 is 0 Å². The second-order valence-corrected chi connectivity index (χ2v) is 5.60. The molecule has 0 fully saturated rings. The maximum atomic E-state index is 12.4. The SMILES string of the molecule is O=c1c(Br)c(Nc2ccccc2)cnn1Cc1ccccc1. The minimum absolute atomic E-state index is 0.162. The largest absolute Gasteiger partial charge is 0.353 e. The number of nitrogens with zero attached hydrogens (tertiary/aromatic N) is 2. The number of benzene rings is 2. The summed E-state index contributed by atoms with van der Waals surface area (Å²) in [6.07, 6.45) is 1.65. The summed E-state index contributed by atoms with van der Waals surface area (Å²) >= 11 is 3.37. The van der Waals surface area contributed by atoms with Crippen LogP contribution in [0.1, 0.15) is 5.56 Å². The Morgan fingerprint density at radius 2 is 1.64 bits per heavy atom. The summed E-state index contributed by atoms with van der Waals surface area (Å²) in [7, 11) is 0. The molecular weight excluding hydrogens is 342 g/mol. The number of anilines is 2. The average Bonchev–Trinajstić information content (AvgIpc) is 2.56. The molecule has 1 N–H and O–H groups in total. The van der Waals surface area contributed by atoms with E-state index in [1.807, 2.05) is 60.7 Å². The van der Waals surface area contributed by atoms with Crippen LogP contribution in [0.25, 0.3) is 0 Å². The molecule has 0 unspecified atom stereocenters. The van der Waals surface area contributed by atoms with Crippen LogP contribution in [-0.4, -0.2) is 9.78 Å². The van der Waals surface area contributed by atoms with Crippen molar-refractivity contribution >= 4 is 27.3 Å². The fourth-order valence-corrected chi connectivity index (χ4v) is 2.50. The number of rotatable bonds is 4. The molecule has 0 radical (unpaired) electrons. The van der Waals surface area contributed by atoms with Crippen molar-refractivity contribution in [3.05, 3.63) is 87.3 Å². The summed E-state index contributed by atoms with van der Waals surface area (Å²) in [6, 6.07) is 19.4. The van der Waals surface area contributed by atoms with Gasteiger partial charge in [-0.2, -0.15) is 5.10 Å². The van der Waals surface area contributed by atoms with Gasteiger partial charge < -0.3 is 5.32 Å². The fraction of sp³-hybridized carbons (Fsp3) is 0.0588. The van der Waals surface area contributed by atoms with Crippen molar-refractivity contribution in [2.24, 2.45) is 0 Å². The van der Waals surface area contributed by atoms with E-state index in [1.54, 1.807) is 6.20 Å². The third kappa shape index (κ3) is 3.26. The third-order valence-electron chi connectivity index (χ3n) is 3.21. The van der Waals surface area contributed by atoms with Crippen molar-refractivity contribution in [3.63, 3.8) is 0 Å². The summed E-state index contributed by atoms with van der Waals surface area (Å²) < 4.78 is 1.91. The van der Waals surface area contributed by atoms with E-state index in [1.165, 1.54) is 4.68 Å². The highest BCUT2D eigenvalue weighted by molar-refractivity contribution is 9.10.